The Balaban J connectivity index is -0.0000000345. The van der Waals surface area contributed by atoms with Crippen molar-refractivity contribution in [1.29, 1.82) is 0 Å². The van der Waals surface area contributed by atoms with E-state index in [0.29, 0.717) is 0 Å². The molecule has 144 valence electrons. The van der Waals surface area contributed by atoms with Crippen molar-refractivity contribution < 1.29 is 65.8 Å². The van der Waals surface area contributed by atoms with Gasteiger partial charge in [-0.1, -0.05) is 27.7 Å². The summed E-state index contributed by atoms with van der Waals surface area (Å²) in [6, 6.07) is 0. The number of hydrogen-bond acceptors (Lipinski definition) is 0. The van der Waals surface area contributed by atoms with Crippen molar-refractivity contribution >= 4 is 0 Å². The van der Waals surface area contributed by atoms with Gasteiger partial charge in [-0.05, 0) is 25.7 Å². The smallest absolute Gasteiger partial charge is 0 e. The molecule has 0 atom stereocenters. The van der Waals surface area contributed by atoms with Gasteiger partial charge < -0.3 is 21.5 Å². The molecule has 0 fully saturated rings. The number of halogens is 1. The molecule has 0 saturated heterocycles. The summed E-state index contributed by atoms with van der Waals surface area (Å²) in [5, 5.41) is 0. The summed E-state index contributed by atoms with van der Waals surface area (Å²) in [5.74, 6) is 0. The largest absolute Gasteiger partial charge is 0 e. The standard InChI is InChI=1S/C12H28N.5CO.BrH.Mo/c1-5-9-13(10-6-2,11-7-3)12-8-4;5*1-2;;/h5-12H2,1-4H3;;;;;;1H;/q+1;;;;;;;/p-1. The third-order valence-electron chi connectivity index (χ3n) is 2.79. The van der Waals surface area contributed by atoms with Gasteiger partial charge in [0.25, 0.3) is 0 Å². The molecule has 0 aliphatic heterocycles. The van der Waals surface area contributed by atoms with Crippen LogP contribution in [-0.2, 0) is 44.3 Å². The van der Waals surface area contributed by atoms with Crippen LogP contribution in [0.3, 0.4) is 0 Å². The van der Waals surface area contributed by atoms with Gasteiger partial charge in [-0.3, -0.25) is 0 Å². The zero-order valence-electron chi connectivity index (χ0n) is 15.4. The molecule has 0 aliphatic carbocycles. The van der Waals surface area contributed by atoms with E-state index in [4.69, 9.17) is 23.3 Å². The van der Waals surface area contributed by atoms with Crippen LogP contribution < -0.4 is 17.0 Å². The third-order valence-corrected chi connectivity index (χ3v) is 2.79. The van der Waals surface area contributed by atoms with Gasteiger partial charge >= 0.3 is 56.5 Å². The van der Waals surface area contributed by atoms with E-state index in [0.717, 1.165) is 0 Å². The first-order valence-corrected chi connectivity index (χ1v) is 7.11. The predicted molar refractivity (Wildman–Crippen MR) is 80.5 cm³/mol. The Morgan fingerprint density at radius 3 is 0.680 bits per heavy atom. The Morgan fingerprint density at radius 1 is 0.480 bits per heavy atom. The maximum absolute atomic E-state index is 7.50. The summed E-state index contributed by atoms with van der Waals surface area (Å²) in [6.07, 6.45) is 5.33. The second-order valence-electron chi connectivity index (χ2n) is 4.24. The first-order chi connectivity index (χ1) is 11.2. The van der Waals surface area contributed by atoms with Gasteiger partial charge in [0.1, 0.15) is 0 Å². The van der Waals surface area contributed by atoms with E-state index in [9.17, 15) is 0 Å². The van der Waals surface area contributed by atoms with E-state index in [-0.39, 0.29) is 38.0 Å². The Morgan fingerprint density at radius 2 is 0.600 bits per heavy atom. The van der Waals surface area contributed by atoms with Gasteiger partial charge in [0.15, 0.2) is 0 Å². The molecule has 0 aromatic carbocycles. The maximum Gasteiger partial charge on any atom is 0 e. The van der Waals surface area contributed by atoms with Crippen molar-refractivity contribution in [3.05, 3.63) is 33.3 Å². The zero-order valence-corrected chi connectivity index (χ0v) is 19.0. The fraction of sp³-hybridized carbons (Fsp3) is 0.706. The van der Waals surface area contributed by atoms with E-state index >= 15 is 0 Å². The fourth-order valence-corrected chi connectivity index (χ4v) is 2.57. The molecule has 0 aliphatic rings. The molecule has 0 amide bonds. The van der Waals surface area contributed by atoms with Crippen LogP contribution in [0.25, 0.3) is 0 Å². The molecular formula is C17H28BrMoNO5. The average Bonchev–Trinajstić information content (AvgIpc) is 2.64. The average molecular weight is 502 g/mol. The minimum Gasteiger partial charge on any atom is 0 e. The van der Waals surface area contributed by atoms with Gasteiger partial charge in [-0.15, -0.1) is 0 Å². The molecular weight excluding hydrogens is 474 g/mol. The number of rotatable bonds is 8. The molecule has 0 saturated carbocycles. The summed E-state index contributed by atoms with van der Waals surface area (Å²) in [6.45, 7) is 37.3. The summed E-state index contributed by atoms with van der Waals surface area (Å²) < 4.78 is 38.9. The van der Waals surface area contributed by atoms with Crippen molar-refractivity contribution in [2.75, 3.05) is 26.2 Å². The van der Waals surface area contributed by atoms with Crippen molar-refractivity contribution in [2.45, 2.75) is 53.4 Å². The molecule has 6 nitrogen and oxygen atoms in total. The van der Waals surface area contributed by atoms with E-state index in [1.165, 1.54) is 56.3 Å². The van der Waals surface area contributed by atoms with Crippen LogP contribution >= 0.6 is 0 Å². The SMILES string of the molecule is CCC[N+](CCC)(CCC)CCC.[Br-].[C-]#[O+].[C-]#[O+].[C-]#[O+].[C-]#[O+].[C-]#[O+].[Mo]. The Hall–Kier alpha value is -0.172. The van der Waals surface area contributed by atoms with Gasteiger partial charge in [0.2, 0.25) is 0 Å². The second-order valence-corrected chi connectivity index (χ2v) is 4.24. The molecule has 0 spiro atoms. The predicted octanol–water partition coefficient (Wildman–Crippen LogP) is 0.257. The molecule has 0 radical (unpaired) electrons. The Labute approximate surface area is 178 Å². The van der Waals surface area contributed by atoms with E-state index in [1.807, 2.05) is 0 Å². The van der Waals surface area contributed by atoms with Gasteiger partial charge in [0.05, 0.1) is 26.2 Å². The summed E-state index contributed by atoms with van der Waals surface area (Å²) in [5.41, 5.74) is 0. The third kappa shape index (κ3) is 45.3. The molecule has 0 bridgehead atoms. The van der Waals surface area contributed by atoms with Crippen LogP contribution in [-0.4, -0.2) is 30.7 Å². The van der Waals surface area contributed by atoms with Crippen molar-refractivity contribution in [2.24, 2.45) is 0 Å². The monoisotopic (exact) mass is 503 g/mol. The molecule has 0 rings (SSSR count). The minimum atomic E-state index is 0. The molecule has 0 unspecified atom stereocenters. The van der Waals surface area contributed by atoms with Gasteiger partial charge in [0, 0.05) is 21.1 Å². The number of nitrogens with zero attached hydrogens (tertiary/aromatic N) is 1. The van der Waals surface area contributed by atoms with Crippen LogP contribution in [0, 0.1) is 33.3 Å². The molecule has 0 heterocycles. The van der Waals surface area contributed by atoms with Crippen LogP contribution in [0.15, 0.2) is 0 Å². The number of hydrogen-bond donors (Lipinski definition) is 0. The van der Waals surface area contributed by atoms with E-state index in [2.05, 4.69) is 60.9 Å². The molecule has 0 N–H and O–H groups in total. The summed E-state index contributed by atoms with van der Waals surface area (Å²) >= 11 is 0. The summed E-state index contributed by atoms with van der Waals surface area (Å²) in [4.78, 5) is 0. The summed E-state index contributed by atoms with van der Waals surface area (Å²) in [7, 11) is 0. The first-order valence-electron chi connectivity index (χ1n) is 7.11. The normalized spacial score (nSPS) is 6.64. The van der Waals surface area contributed by atoms with Crippen molar-refractivity contribution in [3.8, 4) is 0 Å². The van der Waals surface area contributed by atoms with Gasteiger partial charge in [-0.2, -0.15) is 0 Å². The molecule has 0 aromatic heterocycles. The molecule has 0 aromatic rings. The van der Waals surface area contributed by atoms with Crippen LogP contribution in [0.5, 0.6) is 0 Å². The molecule has 8 heteroatoms. The van der Waals surface area contributed by atoms with Gasteiger partial charge in [-0.25, -0.2) is 0 Å². The zero-order chi connectivity index (χ0) is 20.2. The van der Waals surface area contributed by atoms with E-state index in [1.54, 1.807) is 0 Å². The number of quaternary nitrogens is 1. The topological polar surface area (TPSA) is 99.5 Å². The quantitative estimate of drug-likeness (QED) is 0.197. The molecule has 25 heavy (non-hydrogen) atoms. The Kier molecular flexibility index (Phi) is 129. The van der Waals surface area contributed by atoms with Crippen molar-refractivity contribution in [1.82, 2.24) is 0 Å². The van der Waals surface area contributed by atoms with E-state index < -0.39 is 0 Å². The maximum atomic E-state index is 7.50. The minimum absolute atomic E-state index is 0. The first kappa shape index (κ1) is 49.8. The second kappa shape index (κ2) is 64.9. The van der Waals surface area contributed by atoms with Crippen LogP contribution in [0.4, 0.5) is 0 Å². The van der Waals surface area contributed by atoms with Crippen molar-refractivity contribution in [3.63, 3.8) is 0 Å². The van der Waals surface area contributed by atoms with Crippen LogP contribution in [0.1, 0.15) is 53.4 Å². The fourth-order valence-electron chi connectivity index (χ4n) is 2.57. The Bertz CT molecular complexity index is 227. The van der Waals surface area contributed by atoms with Crippen LogP contribution in [0.2, 0.25) is 0 Å².